The first-order chi connectivity index (χ1) is 30.7. The zero-order chi connectivity index (χ0) is 41.0. The number of nitrogens with zero attached hydrogens (tertiary/aromatic N) is 3. The molecule has 12 rings (SSSR count). The van der Waals surface area contributed by atoms with Crippen molar-refractivity contribution in [3.63, 3.8) is 0 Å². The average Bonchev–Trinajstić information content (AvgIpc) is 3.92. The Morgan fingerprint density at radius 3 is 1.10 bits per heavy atom. The fraction of sp³-hybridized carbons (Fsp3) is 0. The molecule has 3 nitrogen and oxygen atoms in total. The van der Waals surface area contributed by atoms with Crippen LogP contribution >= 0.6 is 22.7 Å². The summed E-state index contributed by atoms with van der Waals surface area (Å²) in [5, 5.41) is 5.10. The molecule has 62 heavy (non-hydrogen) atoms. The molecule has 0 aliphatic heterocycles. The van der Waals surface area contributed by atoms with Crippen LogP contribution in [-0.4, -0.2) is 15.0 Å². The molecule has 0 bridgehead atoms. The number of hydrogen-bond donors (Lipinski definition) is 0. The van der Waals surface area contributed by atoms with Gasteiger partial charge < -0.3 is 0 Å². The van der Waals surface area contributed by atoms with Gasteiger partial charge in [0.05, 0.1) is 0 Å². The quantitative estimate of drug-likeness (QED) is 0.161. The molecule has 0 aliphatic rings. The molecule has 0 saturated heterocycles. The largest absolute Gasteiger partial charge is 0.208 e. The molecule has 290 valence electrons. The molecule has 9 aromatic carbocycles. The van der Waals surface area contributed by atoms with E-state index in [4.69, 9.17) is 15.0 Å². The van der Waals surface area contributed by atoms with Crippen LogP contribution in [0.15, 0.2) is 212 Å². The number of fused-ring (bicyclic) bond motifs is 6. The molecule has 3 heterocycles. The molecule has 0 radical (unpaired) electrons. The third-order valence-corrected chi connectivity index (χ3v) is 14.0. The smallest absolute Gasteiger partial charge is 0.164 e. The lowest BCUT2D eigenvalue weighted by Gasteiger charge is -2.13. The molecule has 0 unspecified atom stereocenters. The summed E-state index contributed by atoms with van der Waals surface area (Å²) >= 11 is 3.68. The van der Waals surface area contributed by atoms with Gasteiger partial charge in [0.2, 0.25) is 0 Å². The van der Waals surface area contributed by atoms with Gasteiger partial charge in [0.25, 0.3) is 0 Å². The maximum absolute atomic E-state index is 5.27. The van der Waals surface area contributed by atoms with Gasteiger partial charge in [0, 0.05) is 57.0 Å². The summed E-state index contributed by atoms with van der Waals surface area (Å²) in [5.74, 6) is 1.89. The van der Waals surface area contributed by atoms with Crippen LogP contribution in [0.5, 0.6) is 0 Å². The van der Waals surface area contributed by atoms with Gasteiger partial charge in [-0.1, -0.05) is 152 Å². The molecule has 0 N–H and O–H groups in total. The molecule has 12 aromatic rings. The predicted molar refractivity (Wildman–Crippen MR) is 264 cm³/mol. The lowest BCUT2D eigenvalue weighted by atomic mass is 9.94. The van der Waals surface area contributed by atoms with Gasteiger partial charge in [-0.3, -0.25) is 0 Å². The monoisotopic (exact) mass is 825 g/mol. The van der Waals surface area contributed by atoms with Crippen LogP contribution in [-0.2, 0) is 0 Å². The highest BCUT2D eigenvalue weighted by Gasteiger charge is 2.17. The first-order valence-electron chi connectivity index (χ1n) is 20.7. The molecule has 0 aliphatic carbocycles. The van der Waals surface area contributed by atoms with Crippen LogP contribution in [0.2, 0.25) is 0 Å². The maximum atomic E-state index is 5.27. The van der Waals surface area contributed by atoms with Crippen LogP contribution in [0.3, 0.4) is 0 Å². The van der Waals surface area contributed by atoms with E-state index >= 15 is 0 Å². The summed E-state index contributed by atoms with van der Waals surface area (Å²) in [7, 11) is 0. The van der Waals surface area contributed by atoms with E-state index in [1.54, 1.807) is 0 Å². The Labute approximate surface area is 366 Å². The Hall–Kier alpha value is -7.57. The van der Waals surface area contributed by atoms with Crippen molar-refractivity contribution in [3.05, 3.63) is 212 Å². The highest BCUT2D eigenvalue weighted by molar-refractivity contribution is 7.26. The summed E-state index contributed by atoms with van der Waals surface area (Å²) < 4.78 is 5.16. The number of thiophene rings is 2. The SMILES string of the molecule is c1ccc(-c2cccc(-c3ccc(-c4nc(-c5ccccc5)nc(-c5cc(-c6ccc7sc8ccccc8c7c6)cc(-c6ccc7sc8ccccc8c7c6)c5)n4)cc3)c2)cc1. The lowest BCUT2D eigenvalue weighted by molar-refractivity contribution is 1.07. The van der Waals surface area contributed by atoms with Crippen molar-refractivity contribution in [1.29, 1.82) is 0 Å². The fourth-order valence-corrected chi connectivity index (χ4v) is 10.7. The van der Waals surface area contributed by atoms with Crippen molar-refractivity contribution in [3.8, 4) is 78.7 Å². The van der Waals surface area contributed by atoms with Gasteiger partial charge in [0.1, 0.15) is 0 Å². The van der Waals surface area contributed by atoms with Crippen LogP contribution in [0.1, 0.15) is 0 Å². The van der Waals surface area contributed by atoms with E-state index < -0.39 is 0 Å². The van der Waals surface area contributed by atoms with Crippen molar-refractivity contribution in [2.75, 3.05) is 0 Å². The summed E-state index contributed by atoms with van der Waals surface area (Å²) in [5.41, 5.74) is 12.0. The van der Waals surface area contributed by atoms with Crippen LogP contribution in [0.25, 0.3) is 119 Å². The minimum absolute atomic E-state index is 0.626. The molecule has 5 heteroatoms. The summed E-state index contributed by atoms with van der Waals surface area (Å²) in [6.45, 7) is 0. The van der Waals surface area contributed by atoms with E-state index in [0.717, 1.165) is 50.1 Å². The topological polar surface area (TPSA) is 38.7 Å². The molecular weight excluding hydrogens is 791 g/mol. The molecule has 0 amide bonds. The highest BCUT2D eigenvalue weighted by atomic mass is 32.1. The Bertz CT molecular complexity index is 3490. The number of benzene rings is 9. The maximum Gasteiger partial charge on any atom is 0.164 e. The molecule has 0 fully saturated rings. The van der Waals surface area contributed by atoms with Gasteiger partial charge in [-0.15, -0.1) is 22.7 Å². The van der Waals surface area contributed by atoms with E-state index in [1.165, 1.54) is 51.5 Å². The number of hydrogen-bond acceptors (Lipinski definition) is 5. The van der Waals surface area contributed by atoms with Crippen molar-refractivity contribution >= 4 is 63.0 Å². The van der Waals surface area contributed by atoms with Crippen LogP contribution in [0.4, 0.5) is 0 Å². The molecule has 3 aromatic heterocycles. The van der Waals surface area contributed by atoms with Crippen molar-refractivity contribution in [1.82, 2.24) is 15.0 Å². The minimum Gasteiger partial charge on any atom is -0.208 e. The van der Waals surface area contributed by atoms with E-state index in [2.05, 4.69) is 194 Å². The van der Waals surface area contributed by atoms with E-state index in [9.17, 15) is 0 Å². The molecule has 0 atom stereocenters. The molecule has 0 saturated carbocycles. The van der Waals surface area contributed by atoms with Crippen molar-refractivity contribution < 1.29 is 0 Å². The highest BCUT2D eigenvalue weighted by Crippen LogP contribution is 2.41. The summed E-state index contributed by atoms with van der Waals surface area (Å²) in [4.78, 5) is 15.6. The minimum atomic E-state index is 0.626. The second-order valence-corrected chi connectivity index (χ2v) is 17.8. The first kappa shape index (κ1) is 36.3. The summed E-state index contributed by atoms with van der Waals surface area (Å²) in [6, 6.07) is 75.9. The zero-order valence-corrected chi connectivity index (χ0v) is 35.0. The molecule has 0 spiro atoms. The Morgan fingerprint density at radius 1 is 0.210 bits per heavy atom. The fourth-order valence-electron chi connectivity index (χ4n) is 8.57. The van der Waals surface area contributed by atoms with Gasteiger partial charge in [-0.2, -0.15) is 0 Å². The van der Waals surface area contributed by atoms with E-state index in [-0.39, 0.29) is 0 Å². The van der Waals surface area contributed by atoms with Crippen molar-refractivity contribution in [2.45, 2.75) is 0 Å². The van der Waals surface area contributed by atoms with E-state index in [1.807, 2.05) is 40.9 Å². The Morgan fingerprint density at radius 2 is 0.548 bits per heavy atom. The van der Waals surface area contributed by atoms with E-state index in [0.29, 0.717) is 17.5 Å². The van der Waals surface area contributed by atoms with Gasteiger partial charge in [-0.25, -0.2) is 15.0 Å². The third-order valence-electron chi connectivity index (χ3n) is 11.7. The Balaban J connectivity index is 1.02. The normalized spacial score (nSPS) is 11.5. The van der Waals surface area contributed by atoms with Gasteiger partial charge >= 0.3 is 0 Å². The summed E-state index contributed by atoms with van der Waals surface area (Å²) in [6.07, 6.45) is 0. The molecular formula is C57H35N3S2. The van der Waals surface area contributed by atoms with Crippen molar-refractivity contribution in [2.24, 2.45) is 0 Å². The van der Waals surface area contributed by atoms with Gasteiger partial charge in [0.15, 0.2) is 17.5 Å². The van der Waals surface area contributed by atoms with Crippen LogP contribution in [0, 0.1) is 0 Å². The second kappa shape index (κ2) is 15.2. The predicted octanol–water partition coefficient (Wildman–Crippen LogP) is 16.3. The Kier molecular flexibility index (Phi) is 8.87. The zero-order valence-electron chi connectivity index (χ0n) is 33.4. The van der Waals surface area contributed by atoms with Gasteiger partial charge in [-0.05, 0) is 105 Å². The first-order valence-corrected chi connectivity index (χ1v) is 22.4. The standard InChI is InChI=1S/C57H35N3S2/c1-3-12-36(13-4-1)40-16-11-17-41(30-40)37-22-24-39(25-23-37)56-58-55(38-14-5-2-6-15-38)59-57(60-56)46-32-44(42-26-28-53-49(34-42)47-18-7-9-20-51(47)61-53)31-45(33-46)43-27-29-54-50(35-43)48-19-8-10-21-52(48)62-54/h1-35H. The van der Waals surface area contributed by atoms with Crippen LogP contribution < -0.4 is 0 Å². The average molecular weight is 826 g/mol. The third kappa shape index (κ3) is 6.65. The second-order valence-electron chi connectivity index (χ2n) is 15.6. The number of rotatable bonds is 7. The lowest BCUT2D eigenvalue weighted by Crippen LogP contribution is -2.00. The number of aromatic nitrogens is 3.